The van der Waals surface area contributed by atoms with Crippen LogP contribution in [0.3, 0.4) is 0 Å². The summed E-state index contributed by atoms with van der Waals surface area (Å²) in [6.07, 6.45) is 3.26. The second-order valence-corrected chi connectivity index (χ2v) is 3.79. The fourth-order valence-electron chi connectivity index (χ4n) is 1.77. The molecule has 0 aliphatic rings. The number of ether oxygens (including phenoxy) is 1. The number of hydrogen-bond acceptors (Lipinski definition) is 4. The van der Waals surface area contributed by atoms with Gasteiger partial charge in [0.2, 0.25) is 5.88 Å². The van der Waals surface area contributed by atoms with Crippen LogP contribution < -0.4 is 10.5 Å². The second-order valence-electron chi connectivity index (χ2n) is 3.79. The Morgan fingerprint density at radius 3 is 2.59 bits per heavy atom. The van der Waals surface area contributed by atoms with E-state index in [1.54, 1.807) is 19.5 Å². The fraction of sp³-hybridized carbons (Fsp3) is 0.231. The normalized spacial score (nSPS) is 12.2. The predicted molar refractivity (Wildman–Crippen MR) is 66.6 cm³/mol. The summed E-state index contributed by atoms with van der Waals surface area (Å²) in [6, 6.07) is 7.83. The quantitative estimate of drug-likeness (QED) is 0.876. The van der Waals surface area contributed by atoms with Gasteiger partial charge in [-0.2, -0.15) is 0 Å². The van der Waals surface area contributed by atoms with Crippen molar-refractivity contribution in [2.75, 3.05) is 7.11 Å². The van der Waals surface area contributed by atoms with E-state index in [1.165, 1.54) is 0 Å². The summed E-state index contributed by atoms with van der Waals surface area (Å²) >= 11 is 0. The molecule has 2 N–H and O–H groups in total. The first-order valence-corrected chi connectivity index (χ1v) is 5.44. The lowest BCUT2D eigenvalue weighted by atomic mass is 9.99. The standard InChI is InChI=1S/C13H15N3O/c1-9(14)10-5-3-4-6-11(10)12-13(17-2)16-8-7-15-12/h3-9H,14H2,1-2H3. The first kappa shape index (κ1) is 11.5. The number of methoxy groups -OCH3 is 1. The molecule has 2 rings (SSSR count). The molecule has 0 saturated carbocycles. The van der Waals surface area contributed by atoms with Crippen molar-refractivity contribution in [1.29, 1.82) is 0 Å². The smallest absolute Gasteiger partial charge is 0.240 e. The van der Waals surface area contributed by atoms with Crippen LogP contribution in [-0.2, 0) is 0 Å². The van der Waals surface area contributed by atoms with Gasteiger partial charge in [0.25, 0.3) is 0 Å². The van der Waals surface area contributed by atoms with E-state index in [1.807, 2.05) is 31.2 Å². The summed E-state index contributed by atoms with van der Waals surface area (Å²) in [5.74, 6) is 0.514. The van der Waals surface area contributed by atoms with Crippen LogP contribution in [0.5, 0.6) is 5.88 Å². The van der Waals surface area contributed by atoms with Gasteiger partial charge in [-0.15, -0.1) is 0 Å². The highest BCUT2D eigenvalue weighted by Crippen LogP contribution is 2.30. The van der Waals surface area contributed by atoms with Crippen LogP contribution in [0.1, 0.15) is 18.5 Å². The molecule has 2 aromatic rings. The molecule has 1 aromatic heterocycles. The third-order valence-corrected chi connectivity index (χ3v) is 2.56. The summed E-state index contributed by atoms with van der Waals surface area (Å²) in [6.45, 7) is 1.95. The third-order valence-electron chi connectivity index (χ3n) is 2.56. The van der Waals surface area contributed by atoms with Crippen LogP contribution in [0.4, 0.5) is 0 Å². The monoisotopic (exact) mass is 229 g/mol. The van der Waals surface area contributed by atoms with Crippen LogP contribution in [-0.4, -0.2) is 17.1 Å². The van der Waals surface area contributed by atoms with E-state index >= 15 is 0 Å². The summed E-state index contributed by atoms with van der Waals surface area (Å²) in [4.78, 5) is 8.47. The molecular formula is C13H15N3O. The zero-order valence-corrected chi connectivity index (χ0v) is 9.92. The average molecular weight is 229 g/mol. The van der Waals surface area contributed by atoms with Gasteiger partial charge in [0.1, 0.15) is 5.69 Å². The van der Waals surface area contributed by atoms with Crippen molar-refractivity contribution in [2.45, 2.75) is 13.0 Å². The van der Waals surface area contributed by atoms with Gasteiger partial charge in [-0.1, -0.05) is 24.3 Å². The first-order valence-electron chi connectivity index (χ1n) is 5.44. The van der Waals surface area contributed by atoms with Crippen molar-refractivity contribution in [3.05, 3.63) is 42.2 Å². The van der Waals surface area contributed by atoms with E-state index in [2.05, 4.69) is 9.97 Å². The minimum atomic E-state index is -0.0575. The van der Waals surface area contributed by atoms with Crippen LogP contribution in [0.25, 0.3) is 11.3 Å². The van der Waals surface area contributed by atoms with Crippen molar-refractivity contribution in [3.63, 3.8) is 0 Å². The molecule has 0 aliphatic carbocycles. The second kappa shape index (κ2) is 4.93. The van der Waals surface area contributed by atoms with Gasteiger partial charge in [-0.05, 0) is 12.5 Å². The summed E-state index contributed by atoms with van der Waals surface area (Å²) < 4.78 is 5.22. The first-order chi connectivity index (χ1) is 8.24. The van der Waals surface area contributed by atoms with Crippen molar-refractivity contribution >= 4 is 0 Å². The Bertz CT molecular complexity index is 512. The van der Waals surface area contributed by atoms with Gasteiger partial charge in [0.05, 0.1) is 7.11 Å². The minimum absolute atomic E-state index is 0.0575. The predicted octanol–water partition coefficient (Wildman–Crippen LogP) is 2.17. The van der Waals surface area contributed by atoms with Crippen LogP contribution in [0.2, 0.25) is 0 Å². The van der Waals surface area contributed by atoms with E-state index in [0.717, 1.165) is 16.8 Å². The summed E-state index contributed by atoms with van der Waals surface area (Å²) in [5, 5.41) is 0. The number of rotatable bonds is 3. The summed E-state index contributed by atoms with van der Waals surface area (Å²) in [5.41, 5.74) is 8.68. The van der Waals surface area contributed by atoms with Crippen LogP contribution in [0, 0.1) is 0 Å². The molecule has 1 heterocycles. The van der Waals surface area contributed by atoms with Crippen molar-refractivity contribution < 1.29 is 4.74 Å². The van der Waals surface area contributed by atoms with Gasteiger partial charge in [0.15, 0.2) is 0 Å². The molecule has 1 unspecified atom stereocenters. The fourth-order valence-corrected chi connectivity index (χ4v) is 1.77. The minimum Gasteiger partial charge on any atom is -0.479 e. The highest BCUT2D eigenvalue weighted by Gasteiger charge is 2.13. The van der Waals surface area contributed by atoms with E-state index in [9.17, 15) is 0 Å². The molecule has 0 radical (unpaired) electrons. The number of aromatic nitrogens is 2. The molecule has 0 fully saturated rings. The molecule has 0 bridgehead atoms. The largest absolute Gasteiger partial charge is 0.479 e. The molecule has 88 valence electrons. The summed E-state index contributed by atoms with van der Waals surface area (Å²) in [7, 11) is 1.59. The van der Waals surface area contributed by atoms with Crippen LogP contribution >= 0.6 is 0 Å². The molecule has 0 aliphatic heterocycles. The van der Waals surface area contributed by atoms with Crippen molar-refractivity contribution in [3.8, 4) is 17.1 Å². The highest BCUT2D eigenvalue weighted by atomic mass is 16.5. The van der Waals surface area contributed by atoms with Crippen molar-refractivity contribution in [1.82, 2.24) is 9.97 Å². The number of benzene rings is 1. The van der Waals surface area contributed by atoms with E-state index in [4.69, 9.17) is 10.5 Å². The lowest BCUT2D eigenvalue weighted by Crippen LogP contribution is -2.07. The lowest BCUT2D eigenvalue weighted by Gasteiger charge is -2.13. The molecule has 0 amide bonds. The molecule has 4 heteroatoms. The number of nitrogens with zero attached hydrogens (tertiary/aromatic N) is 2. The molecular weight excluding hydrogens is 214 g/mol. The Morgan fingerprint density at radius 1 is 1.18 bits per heavy atom. The molecule has 0 spiro atoms. The average Bonchev–Trinajstić information content (AvgIpc) is 2.38. The topological polar surface area (TPSA) is 61.0 Å². The zero-order chi connectivity index (χ0) is 12.3. The maximum Gasteiger partial charge on any atom is 0.240 e. The molecule has 17 heavy (non-hydrogen) atoms. The third kappa shape index (κ3) is 2.26. The highest BCUT2D eigenvalue weighted by molar-refractivity contribution is 5.68. The van der Waals surface area contributed by atoms with Crippen molar-refractivity contribution in [2.24, 2.45) is 5.73 Å². The Morgan fingerprint density at radius 2 is 1.88 bits per heavy atom. The molecule has 0 saturated heterocycles. The zero-order valence-electron chi connectivity index (χ0n) is 9.92. The van der Waals surface area contributed by atoms with Gasteiger partial charge < -0.3 is 10.5 Å². The van der Waals surface area contributed by atoms with Gasteiger partial charge >= 0.3 is 0 Å². The maximum atomic E-state index is 5.95. The SMILES string of the molecule is COc1nccnc1-c1ccccc1C(C)N. The van der Waals surface area contributed by atoms with Gasteiger partial charge in [0, 0.05) is 24.0 Å². The van der Waals surface area contributed by atoms with E-state index in [-0.39, 0.29) is 6.04 Å². The Hall–Kier alpha value is -1.94. The van der Waals surface area contributed by atoms with Gasteiger partial charge in [-0.3, -0.25) is 0 Å². The molecule has 1 atom stereocenters. The van der Waals surface area contributed by atoms with E-state index in [0.29, 0.717) is 5.88 Å². The number of nitrogens with two attached hydrogens (primary N) is 1. The Balaban J connectivity index is 2.60. The molecule has 1 aromatic carbocycles. The van der Waals surface area contributed by atoms with E-state index < -0.39 is 0 Å². The Labute approximate surface area is 100 Å². The molecule has 4 nitrogen and oxygen atoms in total. The van der Waals surface area contributed by atoms with Crippen LogP contribution in [0.15, 0.2) is 36.7 Å². The van der Waals surface area contributed by atoms with Gasteiger partial charge in [-0.25, -0.2) is 9.97 Å². The maximum absolute atomic E-state index is 5.95. The lowest BCUT2D eigenvalue weighted by molar-refractivity contribution is 0.397. The Kier molecular flexibility index (Phi) is 3.35. The number of hydrogen-bond donors (Lipinski definition) is 1.